The molecule has 2 aromatic rings. The summed E-state index contributed by atoms with van der Waals surface area (Å²) in [6.45, 7) is 2.33. The summed E-state index contributed by atoms with van der Waals surface area (Å²) in [7, 11) is 1.84. The van der Waals surface area contributed by atoms with E-state index < -0.39 is 6.04 Å². The normalized spacial score (nSPS) is 12.6. The Morgan fingerprint density at radius 1 is 1.42 bits per heavy atom. The van der Waals surface area contributed by atoms with Crippen LogP contribution in [0.15, 0.2) is 40.9 Å². The lowest BCUT2D eigenvalue weighted by Gasteiger charge is -2.24. The van der Waals surface area contributed by atoms with Crippen molar-refractivity contribution in [2.75, 3.05) is 7.05 Å². The molecule has 0 aliphatic carbocycles. The molecule has 5 heteroatoms. The summed E-state index contributed by atoms with van der Waals surface area (Å²) in [5, 5.41) is 3.92. The number of carbonyl (C=O) groups is 1. The first-order chi connectivity index (χ1) is 9.08. The Kier molecular flexibility index (Phi) is 3.97. The van der Waals surface area contributed by atoms with Gasteiger partial charge >= 0.3 is 0 Å². The highest BCUT2D eigenvalue weighted by Crippen LogP contribution is 2.20. The second-order valence-corrected chi connectivity index (χ2v) is 4.56. The van der Waals surface area contributed by atoms with Gasteiger partial charge in [-0.05, 0) is 19.5 Å². The molecule has 100 valence electrons. The fourth-order valence-corrected chi connectivity index (χ4v) is 2.11. The molecule has 19 heavy (non-hydrogen) atoms. The summed E-state index contributed by atoms with van der Waals surface area (Å²) in [6.07, 6.45) is 0. The second kappa shape index (κ2) is 5.67. The van der Waals surface area contributed by atoms with Gasteiger partial charge < -0.3 is 10.3 Å². The number of amides is 1. The van der Waals surface area contributed by atoms with E-state index in [0.717, 1.165) is 17.0 Å². The van der Waals surface area contributed by atoms with Gasteiger partial charge in [0.15, 0.2) is 0 Å². The third-order valence-electron chi connectivity index (χ3n) is 2.91. The number of aryl methyl sites for hydroxylation is 1. The fraction of sp³-hybridized carbons (Fsp3) is 0.286. The van der Waals surface area contributed by atoms with Crippen molar-refractivity contribution in [3.05, 3.63) is 53.4 Å². The number of carbonyl (C=O) groups excluding carboxylic acids is 1. The number of hydrogen-bond acceptors (Lipinski definition) is 4. The van der Waals surface area contributed by atoms with Gasteiger partial charge in [-0.3, -0.25) is 9.69 Å². The lowest BCUT2D eigenvalue weighted by atomic mass is 10.1. The highest BCUT2D eigenvalue weighted by atomic mass is 16.5. The first-order valence-corrected chi connectivity index (χ1v) is 6.04. The summed E-state index contributed by atoms with van der Waals surface area (Å²) < 4.78 is 5.02. The number of benzene rings is 1. The lowest BCUT2D eigenvalue weighted by Crippen LogP contribution is -2.35. The topological polar surface area (TPSA) is 72.4 Å². The Hall–Kier alpha value is -2.14. The van der Waals surface area contributed by atoms with Gasteiger partial charge in [-0.1, -0.05) is 35.5 Å². The van der Waals surface area contributed by atoms with Gasteiger partial charge in [0.1, 0.15) is 11.8 Å². The lowest BCUT2D eigenvalue weighted by molar-refractivity contribution is -0.123. The molecule has 0 bridgehead atoms. The Morgan fingerprint density at radius 3 is 2.63 bits per heavy atom. The van der Waals surface area contributed by atoms with Crippen molar-refractivity contribution in [1.82, 2.24) is 10.1 Å². The van der Waals surface area contributed by atoms with Gasteiger partial charge in [-0.2, -0.15) is 0 Å². The first kappa shape index (κ1) is 13.3. The average Bonchev–Trinajstić information content (AvgIpc) is 2.75. The Labute approximate surface area is 112 Å². The van der Waals surface area contributed by atoms with Crippen LogP contribution in [0.25, 0.3) is 0 Å². The number of hydrogen-bond donors (Lipinski definition) is 1. The van der Waals surface area contributed by atoms with E-state index in [0.29, 0.717) is 6.54 Å². The molecule has 0 spiro atoms. The molecule has 1 amide bonds. The van der Waals surface area contributed by atoms with E-state index in [-0.39, 0.29) is 5.91 Å². The zero-order valence-electron chi connectivity index (χ0n) is 11.0. The number of aromatic nitrogens is 1. The van der Waals surface area contributed by atoms with Crippen molar-refractivity contribution < 1.29 is 9.32 Å². The second-order valence-electron chi connectivity index (χ2n) is 4.56. The van der Waals surface area contributed by atoms with Crippen molar-refractivity contribution in [1.29, 1.82) is 0 Å². The van der Waals surface area contributed by atoms with Crippen molar-refractivity contribution in [2.45, 2.75) is 19.5 Å². The Bertz CT molecular complexity index is 551. The molecule has 0 unspecified atom stereocenters. The van der Waals surface area contributed by atoms with Crippen LogP contribution < -0.4 is 5.73 Å². The third kappa shape index (κ3) is 3.20. The molecule has 1 aromatic heterocycles. The SMILES string of the molecule is Cc1cc(CN(C)[C@@H](C(N)=O)c2ccccc2)no1. The summed E-state index contributed by atoms with van der Waals surface area (Å²) in [6, 6.07) is 10.8. The number of rotatable bonds is 5. The van der Waals surface area contributed by atoms with Crippen LogP contribution in [0.5, 0.6) is 0 Å². The molecule has 1 aromatic carbocycles. The van der Waals surface area contributed by atoms with Crippen LogP contribution in [0.3, 0.4) is 0 Å². The van der Waals surface area contributed by atoms with Crippen LogP contribution in [0, 0.1) is 6.92 Å². The summed E-state index contributed by atoms with van der Waals surface area (Å²) in [5.74, 6) is 0.368. The number of primary amides is 1. The van der Waals surface area contributed by atoms with E-state index in [2.05, 4.69) is 5.16 Å². The van der Waals surface area contributed by atoms with E-state index in [1.54, 1.807) is 0 Å². The summed E-state index contributed by atoms with van der Waals surface area (Å²) in [5.41, 5.74) is 7.16. The van der Waals surface area contributed by atoms with Gasteiger partial charge in [0, 0.05) is 12.6 Å². The molecule has 2 N–H and O–H groups in total. The first-order valence-electron chi connectivity index (χ1n) is 6.04. The monoisotopic (exact) mass is 259 g/mol. The van der Waals surface area contributed by atoms with Crippen LogP contribution >= 0.6 is 0 Å². The Balaban J connectivity index is 2.18. The highest BCUT2D eigenvalue weighted by Gasteiger charge is 2.23. The number of likely N-dealkylation sites (N-methyl/N-ethyl adjacent to an activating group) is 1. The molecule has 0 saturated heterocycles. The van der Waals surface area contributed by atoms with Crippen molar-refractivity contribution in [3.63, 3.8) is 0 Å². The van der Waals surface area contributed by atoms with E-state index in [1.807, 2.05) is 55.3 Å². The molecule has 2 rings (SSSR count). The third-order valence-corrected chi connectivity index (χ3v) is 2.91. The molecule has 0 fully saturated rings. The van der Waals surface area contributed by atoms with Crippen molar-refractivity contribution in [3.8, 4) is 0 Å². The number of nitrogens with two attached hydrogens (primary N) is 1. The molecule has 0 radical (unpaired) electrons. The molecule has 0 aliphatic rings. The van der Waals surface area contributed by atoms with E-state index in [9.17, 15) is 4.79 Å². The minimum Gasteiger partial charge on any atom is -0.368 e. The van der Waals surface area contributed by atoms with Gasteiger partial charge in [-0.25, -0.2) is 0 Å². The Morgan fingerprint density at radius 2 is 2.11 bits per heavy atom. The quantitative estimate of drug-likeness (QED) is 0.886. The van der Waals surface area contributed by atoms with E-state index in [4.69, 9.17) is 10.3 Å². The van der Waals surface area contributed by atoms with Gasteiger partial charge in [-0.15, -0.1) is 0 Å². The van der Waals surface area contributed by atoms with Crippen molar-refractivity contribution in [2.24, 2.45) is 5.73 Å². The smallest absolute Gasteiger partial charge is 0.239 e. The van der Waals surface area contributed by atoms with Gasteiger partial charge in [0.25, 0.3) is 0 Å². The van der Waals surface area contributed by atoms with E-state index >= 15 is 0 Å². The maximum absolute atomic E-state index is 11.7. The molecule has 1 heterocycles. The molecular formula is C14H17N3O2. The van der Waals surface area contributed by atoms with Crippen LogP contribution in [0.2, 0.25) is 0 Å². The maximum atomic E-state index is 11.7. The molecule has 0 aliphatic heterocycles. The van der Waals surface area contributed by atoms with Crippen molar-refractivity contribution >= 4 is 5.91 Å². The molecule has 1 atom stereocenters. The molecular weight excluding hydrogens is 242 g/mol. The largest absolute Gasteiger partial charge is 0.368 e. The van der Waals surface area contributed by atoms with Crippen LogP contribution in [-0.2, 0) is 11.3 Å². The van der Waals surface area contributed by atoms with Crippen LogP contribution in [0.1, 0.15) is 23.1 Å². The maximum Gasteiger partial charge on any atom is 0.239 e. The highest BCUT2D eigenvalue weighted by molar-refractivity contribution is 5.81. The molecule has 0 saturated carbocycles. The number of nitrogens with zero attached hydrogens (tertiary/aromatic N) is 2. The van der Waals surface area contributed by atoms with Gasteiger partial charge in [0.05, 0.1) is 5.69 Å². The van der Waals surface area contributed by atoms with Crippen LogP contribution in [0.4, 0.5) is 0 Å². The minimum absolute atomic E-state index is 0.381. The summed E-state index contributed by atoms with van der Waals surface area (Å²) >= 11 is 0. The average molecular weight is 259 g/mol. The zero-order chi connectivity index (χ0) is 13.8. The molecule has 5 nitrogen and oxygen atoms in total. The fourth-order valence-electron chi connectivity index (χ4n) is 2.11. The van der Waals surface area contributed by atoms with Crippen LogP contribution in [-0.4, -0.2) is 23.0 Å². The predicted molar refractivity (Wildman–Crippen MR) is 71.1 cm³/mol. The zero-order valence-corrected chi connectivity index (χ0v) is 11.0. The van der Waals surface area contributed by atoms with E-state index in [1.165, 1.54) is 0 Å². The minimum atomic E-state index is -0.474. The van der Waals surface area contributed by atoms with Gasteiger partial charge in [0.2, 0.25) is 5.91 Å². The summed E-state index contributed by atoms with van der Waals surface area (Å²) in [4.78, 5) is 13.5. The standard InChI is InChI=1S/C14H17N3O2/c1-10-8-12(16-19-10)9-17(2)13(14(15)18)11-6-4-3-5-7-11/h3-8,13H,9H2,1-2H3,(H2,15,18)/t13-/m1/s1. The predicted octanol–water partition coefficient (Wildman–Crippen LogP) is 1.64.